The molecule has 0 saturated carbocycles. The van der Waals surface area contributed by atoms with Crippen LogP contribution in [0.3, 0.4) is 0 Å². The smallest absolute Gasteiger partial charge is 0.305 e. The summed E-state index contributed by atoms with van der Waals surface area (Å²) in [5.74, 6) is 0.779. The fourth-order valence-electron chi connectivity index (χ4n) is 4.00. The van der Waals surface area contributed by atoms with Crippen LogP contribution >= 0.6 is 22.7 Å². The van der Waals surface area contributed by atoms with Crippen LogP contribution in [0.5, 0.6) is 0 Å². The molecule has 0 spiro atoms. The molecule has 1 aliphatic carbocycles. The number of aliphatic hydroxyl groups excluding tert-OH is 1. The van der Waals surface area contributed by atoms with Crippen LogP contribution in [0.15, 0.2) is 29.3 Å². The van der Waals surface area contributed by atoms with Crippen molar-refractivity contribution >= 4 is 60.5 Å². The zero-order valence-electron chi connectivity index (χ0n) is 16.8. The number of amides is 1. The number of H-pyrrole nitrogens is 1. The number of carbonyl (C=O) groups is 1. The number of benzene rings is 1. The van der Waals surface area contributed by atoms with E-state index in [4.69, 9.17) is 0 Å². The number of carbonyl (C=O) groups excluding carboxylic acids is 1. The van der Waals surface area contributed by atoms with Gasteiger partial charge in [-0.2, -0.15) is 0 Å². The van der Waals surface area contributed by atoms with Gasteiger partial charge in [-0.15, -0.1) is 11.3 Å². The van der Waals surface area contributed by atoms with Crippen molar-refractivity contribution < 1.29 is 9.90 Å². The van der Waals surface area contributed by atoms with E-state index in [1.807, 2.05) is 18.2 Å². The first kappa shape index (κ1) is 20.1. The van der Waals surface area contributed by atoms with Gasteiger partial charge in [0.05, 0.1) is 15.6 Å². The highest BCUT2D eigenvalue weighted by Crippen LogP contribution is 2.40. The number of nitrogens with one attached hydrogen (secondary N) is 3. The number of aromatic nitrogens is 3. The van der Waals surface area contributed by atoms with Crippen molar-refractivity contribution in [2.75, 3.05) is 11.9 Å². The molecule has 0 fully saturated rings. The molecule has 4 N–H and O–H groups in total. The van der Waals surface area contributed by atoms with E-state index < -0.39 is 6.10 Å². The van der Waals surface area contributed by atoms with Crippen LogP contribution < -0.4 is 15.5 Å². The van der Waals surface area contributed by atoms with Gasteiger partial charge < -0.3 is 20.7 Å². The van der Waals surface area contributed by atoms with E-state index in [0.29, 0.717) is 12.5 Å². The van der Waals surface area contributed by atoms with E-state index in [9.17, 15) is 14.7 Å². The summed E-state index contributed by atoms with van der Waals surface area (Å²) in [7, 11) is 0. The molecule has 0 radical (unpaired) electrons. The minimum atomic E-state index is -0.987. The fraction of sp³-hybridized carbons (Fsp3) is 0.333. The van der Waals surface area contributed by atoms with E-state index in [-0.39, 0.29) is 10.8 Å². The molecule has 8 nitrogen and oxygen atoms in total. The zero-order valence-corrected chi connectivity index (χ0v) is 18.4. The minimum absolute atomic E-state index is 0.0670. The summed E-state index contributed by atoms with van der Waals surface area (Å²) in [6.07, 6.45) is 3.31. The third-order valence-corrected chi connectivity index (χ3v) is 7.58. The highest BCUT2D eigenvalue weighted by molar-refractivity contribution is 7.19. The molecule has 1 amide bonds. The summed E-state index contributed by atoms with van der Waals surface area (Å²) in [6.45, 7) is 2.04. The first-order valence-electron chi connectivity index (χ1n) is 10.1. The number of aromatic amines is 1. The minimum Gasteiger partial charge on any atom is -0.384 e. The van der Waals surface area contributed by atoms with Gasteiger partial charge in [-0.1, -0.05) is 11.3 Å². The van der Waals surface area contributed by atoms with Crippen LogP contribution in [-0.4, -0.2) is 38.6 Å². The van der Waals surface area contributed by atoms with Crippen molar-refractivity contribution in [2.45, 2.75) is 32.3 Å². The van der Waals surface area contributed by atoms with Crippen molar-refractivity contribution in [2.24, 2.45) is 5.92 Å². The number of fused-ring (bicyclic) bond motifs is 4. The third-order valence-electron chi connectivity index (χ3n) is 5.58. The maximum atomic E-state index is 11.7. The molecule has 3 aromatic heterocycles. The van der Waals surface area contributed by atoms with Gasteiger partial charge in [-0.3, -0.25) is 9.59 Å². The summed E-state index contributed by atoms with van der Waals surface area (Å²) >= 11 is 2.86. The highest BCUT2D eigenvalue weighted by Gasteiger charge is 2.26. The number of anilines is 2. The lowest BCUT2D eigenvalue weighted by Gasteiger charge is -2.23. The van der Waals surface area contributed by atoms with Gasteiger partial charge in [-0.05, 0) is 55.9 Å². The van der Waals surface area contributed by atoms with Crippen LogP contribution in [0.4, 0.5) is 11.5 Å². The third kappa shape index (κ3) is 3.93. The molecule has 1 aromatic carbocycles. The first-order chi connectivity index (χ1) is 15.0. The van der Waals surface area contributed by atoms with Crippen LogP contribution in [0, 0.1) is 5.92 Å². The molecule has 5 rings (SSSR count). The Labute approximate surface area is 185 Å². The molecule has 31 heavy (non-hydrogen) atoms. The Bertz CT molecular complexity index is 1340. The lowest BCUT2D eigenvalue weighted by Crippen LogP contribution is -2.37. The molecule has 0 bridgehead atoms. The molecule has 1 aliphatic rings. The van der Waals surface area contributed by atoms with Crippen LogP contribution in [0.1, 0.15) is 23.8 Å². The van der Waals surface area contributed by atoms with E-state index in [2.05, 4.69) is 25.6 Å². The monoisotopic (exact) mass is 455 g/mol. The molecule has 4 aromatic rings. The molecule has 10 heteroatoms. The Hall–Kier alpha value is -2.82. The van der Waals surface area contributed by atoms with Gasteiger partial charge in [0, 0.05) is 17.1 Å². The van der Waals surface area contributed by atoms with Crippen LogP contribution in [0.2, 0.25) is 0 Å². The highest BCUT2D eigenvalue weighted by atomic mass is 32.1. The van der Waals surface area contributed by atoms with E-state index in [1.54, 1.807) is 17.7 Å². The lowest BCUT2D eigenvalue weighted by atomic mass is 9.87. The van der Waals surface area contributed by atoms with Crippen molar-refractivity contribution in [1.29, 1.82) is 0 Å². The molecule has 160 valence electrons. The molecule has 0 saturated heterocycles. The average Bonchev–Trinajstić information content (AvgIpc) is 3.30. The molecule has 2 atom stereocenters. The molecular weight excluding hydrogens is 434 g/mol. The quantitative estimate of drug-likeness (QED) is 0.367. The van der Waals surface area contributed by atoms with Crippen molar-refractivity contribution in [1.82, 2.24) is 20.3 Å². The van der Waals surface area contributed by atoms with E-state index in [0.717, 1.165) is 51.2 Å². The number of thiophene rings is 1. The standard InChI is InChI=1S/C21H21N5O3S2/c1-10(27)19(28)22-8-11-2-4-13-15(6-11)30-20-17(13)18(23-9-24-20)25-12-3-5-14-16(7-12)31-21(29)26-14/h3,5,7,9-11,27H,2,4,6,8H2,1H3,(H,22,28)(H,26,29)(H,23,24,25). The van der Waals surface area contributed by atoms with Gasteiger partial charge in [-0.25, -0.2) is 9.97 Å². The number of hydrogen-bond acceptors (Lipinski definition) is 8. The van der Waals surface area contributed by atoms with Gasteiger partial charge in [0.25, 0.3) is 0 Å². The molecule has 2 unspecified atom stereocenters. The second-order valence-corrected chi connectivity index (χ2v) is 9.88. The van der Waals surface area contributed by atoms with Crippen molar-refractivity contribution in [3.8, 4) is 0 Å². The maximum Gasteiger partial charge on any atom is 0.305 e. The number of thiazole rings is 1. The Morgan fingerprint density at radius 3 is 3.06 bits per heavy atom. The number of aryl methyl sites for hydroxylation is 1. The zero-order chi connectivity index (χ0) is 21.5. The van der Waals surface area contributed by atoms with E-state index in [1.165, 1.54) is 28.7 Å². The molecular formula is C21H21N5O3S2. The summed E-state index contributed by atoms with van der Waals surface area (Å²) in [6, 6.07) is 5.77. The van der Waals surface area contributed by atoms with E-state index >= 15 is 0 Å². The summed E-state index contributed by atoms with van der Waals surface area (Å²) < 4.78 is 0.898. The van der Waals surface area contributed by atoms with Crippen molar-refractivity contribution in [3.05, 3.63) is 44.6 Å². The average molecular weight is 456 g/mol. The Morgan fingerprint density at radius 1 is 1.35 bits per heavy atom. The molecule has 3 heterocycles. The molecule has 0 aliphatic heterocycles. The first-order valence-corrected chi connectivity index (χ1v) is 11.7. The summed E-state index contributed by atoms with van der Waals surface area (Å²) in [5, 5.41) is 16.7. The Kier molecular flexibility index (Phi) is 5.20. The van der Waals surface area contributed by atoms with Gasteiger partial charge in [0.2, 0.25) is 5.91 Å². The van der Waals surface area contributed by atoms with Crippen LogP contribution in [0.25, 0.3) is 20.4 Å². The van der Waals surface area contributed by atoms with Crippen LogP contribution in [-0.2, 0) is 17.6 Å². The predicted octanol–water partition coefficient (Wildman–Crippen LogP) is 2.94. The van der Waals surface area contributed by atoms with Gasteiger partial charge in [0.15, 0.2) is 0 Å². The number of rotatable bonds is 5. The number of hydrogen-bond donors (Lipinski definition) is 4. The normalized spacial score (nSPS) is 16.9. The largest absolute Gasteiger partial charge is 0.384 e. The van der Waals surface area contributed by atoms with Gasteiger partial charge in [0.1, 0.15) is 23.1 Å². The van der Waals surface area contributed by atoms with Gasteiger partial charge >= 0.3 is 4.87 Å². The fourth-order valence-corrected chi connectivity index (χ4v) is 6.08. The SMILES string of the molecule is CC(O)C(=O)NCC1CCc2c(sc3ncnc(Nc4ccc5[nH]c(=O)sc5c4)c23)C1. The topological polar surface area (TPSA) is 120 Å². The predicted molar refractivity (Wildman–Crippen MR) is 123 cm³/mol. The second-order valence-electron chi connectivity index (χ2n) is 7.79. The maximum absolute atomic E-state index is 11.7. The Morgan fingerprint density at radius 2 is 2.23 bits per heavy atom. The lowest BCUT2D eigenvalue weighted by molar-refractivity contribution is -0.128. The summed E-state index contributed by atoms with van der Waals surface area (Å²) in [4.78, 5) is 37.2. The summed E-state index contributed by atoms with van der Waals surface area (Å²) in [5.41, 5.74) is 2.97. The second kappa shape index (κ2) is 8.03. The number of aliphatic hydroxyl groups is 1. The van der Waals surface area contributed by atoms with Crippen molar-refractivity contribution in [3.63, 3.8) is 0 Å². The Balaban J connectivity index is 1.41. The number of nitrogens with zero attached hydrogens (tertiary/aromatic N) is 2.